The van der Waals surface area contributed by atoms with Crippen molar-refractivity contribution >= 4 is 0 Å². The molecule has 2 aromatic rings. The lowest BCUT2D eigenvalue weighted by molar-refractivity contribution is 0.495. The number of aromatic nitrogens is 2. The molecule has 96 valence electrons. The van der Waals surface area contributed by atoms with E-state index in [4.69, 9.17) is 0 Å². The third-order valence-electron chi connectivity index (χ3n) is 3.09. The van der Waals surface area contributed by atoms with Crippen LogP contribution in [0.25, 0.3) is 0 Å². The smallest absolute Gasteiger partial charge is 0.107 e. The van der Waals surface area contributed by atoms with Crippen LogP contribution in [0.15, 0.2) is 42.7 Å². The van der Waals surface area contributed by atoms with E-state index in [0.29, 0.717) is 6.04 Å². The fourth-order valence-electron chi connectivity index (χ4n) is 2.16. The fourth-order valence-corrected chi connectivity index (χ4v) is 2.16. The SMILES string of the molecule is CCCC(NCCc1ncc[nH]1)c1ccccc1. The molecule has 0 saturated heterocycles. The molecule has 1 unspecified atom stereocenters. The van der Waals surface area contributed by atoms with Crippen molar-refractivity contribution in [1.82, 2.24) is 15.3 Å². The molecule has 0 amide bonds. The molecular weight excluding hydrogens is 222 g/mol. The Labute approximate surface area is 109 Å². The van der Waals surface area contributed by atoms with Gasteiger partial charge in [-0.15, -0.1) is 0 Å². The number of nitrogens with zero attached hydrogens (tertiary/aromatic N) is 1. The number of benzene rings is 1. The van der Waals surface area contributed by atoms with Gasteiger partial charge in [-0.25, -0.2) is 4.98 Å². The van der Waals surface area contributed by atoms with Crippen LogP contribution in [0, 0.1) is 0 Å². The van der Waals surface area contributed by atoms with E-state index in [9.17, 15) is 0 Å². The third kappa shape index (κ3) is 3.70. The Balaban J connectivity index is 1.87. The molecule has 2 N–H and O–H groups in total. The summed E-state index contributed by atoms with van der Waals surface area (Å²) in [5.41, 5.74) is 1.37. The summed E-state index contributed by atoms with van der Waals surface area (Å²) in [7, 11) is 0. The quantitative estimate of drug-likeness (QED) is 0.784. The predicted molar refractivity (Wildman–Crippen MR) is 74.4 cm³/mol. The Bertz CT molecular complexity index is 422. The summed E-state index contributed by atoms with van der Waals surface area (Å²) in [5.74, 6) is 1.05. The summed E-state index contributed by atoms with van der Waals surface area (Å²) in [6.07, 6.45) is 6.97. The van der Waals surface area contributed by atoms with Crippen molar-refractivity contribution in [2.24, 2.45) is 0 Å². The summed E-state index contributed by atoms with van der Waals surface area (Å²) in [5, 5.41) is 3.62. The number of H-pyrrole nitrogens is 1. The molecule has 1 aromatic heterocycles. The highest BCUT2D eigenvalue weighted by Gasteiger charge is 2.09. The standard InChI is InChI=1S/C15H21N3/c1-2-6-14(13-7-4-3-5-8-13)16-10-9-15-17-11-12-18-15/h3-5,7-8,11-12,14,16H,2,6,9-10H2,1H3,(H,17,18). The Kier molecular flexibility index (Phi) is 4.97. The van der Waals surface area contributed by atoms with Crippen LogP contribution in [0.2, 0.25) is 0 Å². The maximum absolute atomic E-state index is 4.24. The van der Waals surface area contributed by atoms with E-state index < -0.39 is 0 Å². The van der Waals surface area contributed by atoms with Gasteiger partial charge in [-0.3, -0.25) is 0 Å². The van der Waals surface area contributed by atoms with Gasteiger partial charge in [0.25, 0.3) is 0 Å². The molecule has 0 bridgehead atoms. The van der Waals surface area contributed by atoms with E-state index in [1.807, 2.05) is 6.20 Å². The van der Waals surface area contributed by atoms with Crippen LogP contribution in [-0.4, -0.2) is 16.5 Å². The zero-order valence-corrected chi connectivity index (χ0v) is 10.9. The van der Waals surface area contributed by atoms with Crippen LogP contribution in [-0.2, 0) is 6.42 Å². The van der Waals surface area contributed by atoms with Gasteiger partial charge in [0.05, 0.1) is 0 Å². The molecular formula is C15H21N3. The minimum Gasteiger partial charge on any atom is -0.349 e. The summed E-state index contributed by atoms with van der Waals surface area (Å²) in [6, 6.07) is 11.1. The second kappa shape index (κ2) is 6.97. The maximum Gasteiger partial charge on any atom is 0.107 e. The van der Waals surface area contributed by atoms with Crippen LogP contribution in [0.5, 0.6) is 0 Å². The summed E-state index contributed by atoms with van der Waals surface area (Å²) >= 11 is 0. The molecule has 3 nitrogen and oxygen atoms in total. The highest BCUT2D eigenvalue weighted by Crippen LogP contribution is 2.17. The van der Waals surface area contributed by atoms with Gasteiger partial charge in [-0.2, -0.15) is 0 Å². The normalized spacial score (nSPS) is 12.5. The van der Waals surface area contributed by atoms with Gasteiger partial charge in [0.2, 0.25) is 0 Å². The lowest BCUT2D eigenvalue weighted by Crippen LogP contribution is -2.24. The molecule has 0 fully saturated rings. The number of nitrogens with one attached hydrogen (secondary N) is 2. The molecule has 0 aliphatic carbocycles. The van der Waals surface area contributed by atoms with E-state index in [2.05, 4.69) is 52.5 Å². The average Bonchev–Trinajstić information content (AvgIpc) is 2.92. The molecule has 1 aromatic carbocycles. The van der Waals surface area contributed by atoms with Gasteiger partial charge in [0.15, 0.2) is 0 Å². The Morgan fingerprint density at radius 3 is 2.78 bits per heavy atom. The van der Waals surface area contributed by atoms with Crippen molar-refractivity contribution in [3.05, 3.63) is 54.1 Å². The molecule has 3 heteroatoms. The Morgan fingerprint density at radius 2 is 2.11 bits per heavy atom. The van der Waals surface area contributed by atoms with E-state index >= 15 is 0 Å². The largest absolute Gasteiger partial charge is 0.349 e. The fraction of sp³-hybridized carbons (Fsp3) is 0.400. The van der Waals surface area contributed by atoms with Crippen molar-refractivity contribution < 1.29 is 0 Å². The number of aromatic amines is 1. The van der Waals surface area contributed by atoms with Crippen LogP contribution < -0.4 is 5.32 Å². The highest BCUT2D eigenvalue weighted by molar-refractivity contribution is 5.18. The zero-order valence-electron chi connectivity index (χ0n) is 10.9. The molecule has 18 heavy (non-hydrogen) atoms. The van der Waals surface area contributed by atoms with Crippen LogP contribution in [0.3, 0.4) is 0 Å². The van der Waals surface area contributed by atoms with Gasteiger partial charge in [-0.1, -0.05) is 43.7 Å². The molecule has 0 radical (unpaired) electrons. The molecule has 1 atom stereocenters. The van der Waals surface area contributed by atoms with Crippen molar-refractivity contribution in [3.8, 4) is 0 Å². The Morgan fingerprint density at radius 1 is 1.28 bits per heavy atom. The third-order valence-corrected chi connectivity index (χ3v) is 3.09. The first kappa shape index (κ1) is 12.8. The van der Waals surface area contributed by atoms with Crippen molar-refractivity contribution in [3.63, 3.8) is 0 Å². The summed E-state index contributed by atoms with van der Waals surface area (Å²) in [6.45, 7) is 3.18. The zero-order chi connectivity index (χ0) is 12.6. The summed E-state index contributed by atoms with van der Waals surface area (Å²) < 4.78 is 0. The van der Waals surface area contributed by atoms with Gasteiger partial charge in [-0.05, 0) is 12.0 Å². The number of hydrogen-bond donors (Lipinski definition) is 2. The first-order chi connectivity index (χ1) is 8.90. The maximum atomic E-state index is 4.24. The van der Waals surface area contributed by atoms with E-state index in [-0.39, 0.29) is 0 Å². The highest BCUT2D eigenvalue weighted by atomic mass is 14.9. The van der Waals surface area contributed by atoms with Crippen molar-refractivity contribution in [1.29, 1.82) is 0 Å². The number of rotatable bonds is 7. The van der Waals surface area contributed by atoms with E-state index in [1.54, 1.807) is 6.20 Å². The molecule has 0 spiro atoms. The van der Waals surface area contributed by atoms with Crippen molar-refractivity contribution in [2.45, 2.75) is 32.2 Å². The summed E-state index contributed by atoms with van der Waals surface area (Å²) in [4.78, 5) is 7.37. The number of hydrogen-bond acceptors (Lipinski definition) is 2. The second-order valence-corrected chi connectivity index (χ2v) is 4.49. The molecule has 0 aliphatic rings. The minimum absolute atomic E-state index is 0.450. The van der Waals surface area contributed by atoms with Gasteiger partial charge in [0.1, 0.15) is 5.82 Å². The first-order valence-corrected chi connectivity index (χ1v) is 6.66. The van der Waals surface area contributed by atoms with E-state index in [0.717, 1.165) is 18.8 Å². The second-order valence-electron chi connectivity index (χ2n) is 4.49. The van der Waals surface area contributed by atoms with Crippen molar-refractivity contribution in [2.75, 3.05) is 6.54 Å². The van der Waals surface area contributed by atoms with Gasteiger partial charge in [0, 0.05) is 31.4 Å². The van der Waals surface area contributed by atoms with Gasteiger partial charge >= 0.3 is 0 Å². The molecule has 0 aliphatic heterocycles. The van der Waals surface area contributed by atoms with E-state index in [1.165, 1.54) is 18.4 Å². The van der Waals surface area contributed by atoms with Crippen LogP contribution >= 0.6 is 0 Å². The lowest BCUT2D eigenvalue weighted by atomic mass is 10.0. The monoisotopic (exact) mass is 243 g/mol. The Hall–Kier alpha value is -1.61. The molecule has 2 rings (SSSR count). The topological polar surface area (TPSA) is 40.7 Å². The van der Waals surface area contributed by atoms with Gasteiger partial charge < -0.3 is 10.3 Å². The van der Waals surface area contributed by atoms with Crippen LogP contribution in [0.4, 0.5) is 0 Å². The van der Waals surface area contributed by atoms with Crippen LogP contribution in [0.1, 0.15) is 37.2 Å². The molecule has 0 saturated carbocycles. The molecule has 1 heterocycles. The first-order valence-electron chi connectivity index (χ1n) is 6.66. The average molecular weight is 243 g/mol. The predicted octanol–water partition coefficient (Wildman–Crippen LogP) is 3.08. The lowest BCUT2D eigenvalue weighted by Gasteiger charge is -2.18. The minimum atomic E-state index is 0.450. The number of imidazole rings is 1.